The first-order valence-electron chi connectivity index (χ1n) is 8.77. The minimum atomic E-state index is -1.22. The summed E-state index contributed by atoms with van der Waals surface area (Å²) in [6.07, 6.45) is 5.23. The normalized spacial score (nSPS) is 26.8. The minimum absolute atomic E-state index is 0.0941. The van der Waals surface area contributed by atoms with Crippen LogP contribution in [0.2, 0.25) is 0 Å². The summed E-state index contributed by atoms with van der Waals surface area (Å²) in [6, 6.07) is 0. The Labute approximate surface area is 143 Å². The van der Waals surface area contributed by atoms with Gasteiger partial charge in [0.2, 0.25) is 0 Å². The van der Waals surface area contributed by atoms with E-state index in [2.05, 4.69) is 6.08 Å². The van der Waals surface area contributed by atoms with Gasteiger partial charge in [-0.25, -0.2) is 0 Å². The van der Waals surface area contributed by atoms with E-state index in [0.717, 1.165) is 0 Å². The predicted octanol–water partition coefficient (Wildman–Crippen LogP) is 2.46. The summed E-state index contributed by atoms with van der Waals surface area (Å²) in [5.74, 6) is -0.753. The third-order valence-electron chi connectivity index (χ3n) is 4.76. The van der Waals surface area contributed by atoms with Gasteiger partial charge in [0.25, 0.3) is 0 Å². The summed E-state index contributed by atoms with van der Waals surface area (Å²) >= 11 is 0. The van der Waals surface area contributed by atoms with E-state index in [-0.39, 0.29) is 31.3 Å². The number of hydrogen-bond acceptors (Lipinski definition) is 6. The van der Waals surface area contributed by atoms with E-state index in [1.807, 2.05) is 13.0 Å². The average molecular weight is 340 g/mol. The number of rotatable bonds is 7. The van der Waals surface area contributed by atoms with Crippen molar-refractivity contribution in [2.75, 3.05) is 26.4 Å². The summed E-state index contributed by atoms with van der Waals surface area (Å²) in [4.78, 5) is 25.2. The smallest absolute Gasteiger partial charge is 0.323 e. The molecule has 24 heavy (non-hydrogen) atoms. The van der Waals surface area contributed by atoms with Gasteiger partial charge in [0.15, 0.2) is 11.7 Å². The summed E-state index contributed by atoms with van der Waals surface area (Å²) in [6.45, 7) is 7.09. The number of hydrogen-bond donors (Lipinski definition) is 0. The molecule has 136 valence electrons. The zero-order chi connectivity index (χ0) is 17.6. The maximum atomic E-state index is 12.6. The van der Waals surface area contributed by atoms with E-state index < -0.39 is 17.4 Å². The highest BCUT2D eigenvalue weighted by Gasteiger charge is 2.57. The van der Waals surface area contributed by atoms with Crippen LogP contribution in [0.15, 0.2) is 12.2 Å². The minimum Gasteiger partial charge on any atom is -0.465 e. The lowest BCUT2D eigenvalue weighted by molar-refractivity contribution is -0.172. The van der Waals surface area contributed by atoms with Crippen molar-refractivity contribution in [2.24, 2.45) is 17.3 Å². The van der Waals surface area contributed by atoms with Crippen molar-refractivity contribution >= 4 is 11.9 Å². The van der Waals surface area contributed by atoms with Crippen LogP contribution in [0.5, 0.6) is 0 Å². The fraction of sp³-hybridized carbons (Fsp3) is 0.778. The maximum absolute atomic E-state index is 12.6. The van der Waals surface area contributed by atoms with Crippen molar-refractivity contribution in [3.8, 4) is 0 Å². The van der Waals surface area contributed by atoms with Gasteiger partial charge >= 0.3 is 11.9 Å². The highest BCUT2D eigenvalue weighted by Crippen LogP contribution is 2.50. The van der Waals surface area contributed by atoms with Crippen LogP contribution in [0.4, 0.5) is 0 Å². The second-order valence-electron chi connectivity index (χ2n) is 6.29. The van der Waals surface area contributed by atoms with Gasteiger partial charge in [-0.3, -0.25) is 9.59 Å². The van der Waals surface area contributed by atoms with E-state index in [9.17, 15) is 9.59 Å². The molecule has 0 radical (unpaired) electrons. The number of carbonyl (C=O) groups is 2. The van der Waals surface area contributed by atoms with Crippen molar-refractivity contribution in [1.29, 1.82) is 0 Å². The molecule has 1 saturated heterocycles. The molecule has 2 fully saturated rings. The molecule has 6 nitrogen and oxygen atoms in total. The topological polar surface area (TPSA) is 71.1 Å². The molecule has 0 spiro atoms. The van der Waals surface area contributed by atoms with Crippen LogP contribution in [-0.2, 0) is 28.5 Å². The zero-order valence-corrected chi connectivity index (χ0v) is 14.8. The van der Waals surface area contributed by atoms with Crippen molar-refractivity contribution in [2.45, 2.75) is 46.3 Å². The van der Waals surface area contributed by atoms with E-state index in [0.29, 0.717) is 32.5 Å². The van der Waals surface area contributed by atoms with Crippen molar-refractivity contribution in [3.63, 3.8) is 0 Å². The Hall–Kier alpha value is -1.40. The molecule has 1 aliphatic heterocycles. The molecule has 6 heteroatoms. The second kappa shape index (κ2) is 8.62. The van der Waals surface area contributed by atoms with Crippen molar-refractivity contribution in [3.05, 3.63) is 12.2 Å². The Morgan fingerprint density at radius 2 is 1.67 bits per heavy atom. The number of carbonyl (C=O) groups excluding carboxylic acids is 2. The van der Waals surface area contributed by atoms with Crippen LogP contribution >= 0.6 is 0 Å². The first kappa shape index (κ1) is 18.9. The second-order valence-corrected chi connectivity index (χ2v) is 6.29. The Kier molecular flexibility index (Phi) is 6.80. The van der Waals surface area contributed by atoms with E-state index >= 15 is 0 Å². The molecular weight excluding hydrogens is 312 g/mol. The molecule has 0 unspecified atom stereocenters. The quantitative estimate of drug-likeness (QED) is 0.403. The molecule has 0 aromatic rings. The summed E-state index contributed by atoms with van der Waals surface area (Å²) in [7, 11) is 0. The van der Waals surface area contributed by atoms with Crippen molar-refractivity contribution in [1.82, 2.24) is 0 Å². The van der Waals surface area contributed by atoms with Crippen LogP contribution in [0, 0.1) is 17.3 Å². The third kappa shape index (κ3) is 3.98. The Morgan fingerprint density at radius 1 is 1.08 bits per heavy atom. The van der Waals surface area contributed by atoms with Crippen molar-refractivity contribution < 1.29 is 28.5 Å². The van der Waals surface area contributed by atoms with E-state index in [4.69, 9.17) is 18.9 Å². The third-order valence-corrected chi connectivity index (χ3v) is 4.76. The van der Waals surface area contributed by atoms with Gasteiger partial charge in [0.05, 0.1) is 26.4 Å². The van der Waals surface area contributed by atoms with Crippen LogP contribution in [0.3, 0.4) is 0 Å². The Morgan fingerprint density at radius 3 is 2.17 bits per heavy atom. The number of allylic oxidation sites excluding steroid dienone is 2. The largest absolute Gasteiger partial charge is 0.465 e. The van der Waals surface area contributed by atoms with E-state index in [1.165, 1.54) is 0 Å². The summed E-state index contributed by atoms with van der Waals surface area (Å²) in [5, 5.41) is 0. The predicted molar refractivity (Wildman–Crippen MR) is 87.0 cm³/mol. The molecular formula is C18H28O6. The van der Waals surface area contributed by atoms with Gasteiger partial charge in [0.1, 0.15) is 0 Å². The molecule has 1 heterocycles. The molecule has 0 N–H and O–H groups in total. The summed E-state index contributed by atoms with van der Waals surface area (Å²) in [5.41, 5.74) is -1.22. The number of ether oxygens (including phenoxy) is 4. The van der Waals surface area contributed by atoms with Crippen LogP contribution < -0.4 is 0 Å². The lowest BCUT2D eigenvalue weighted by atomic mass is 9.84. The lowest BCUT2D eigenvalue weighted by Crippen LogP contribution is -2.40. The monoisotopic (exact) mass is 340 g/mol. The van der Waals surface area contributed by atoms with Crippen LogP contribution in [0.25, 0.3) is 0 Å². The van der Waals surface area contributed by atoms with Gasteiger partial charge in [-0.05, 0) is 45.4 Å². The van der Waals surface area contributed by atoms with Gasteiger partial charge < -0.3 is 18.9 Å². The number of esters is 2. The van der Waals surface area contributed by atoms with Gasteiger partial charge in [0, 0.05) is 6.42 Å². The first-order chi connectivity index (χ1) is 11.6. The van der Waals surface area contributed by atoms with E-state index in [1.54, 1.807) is 13.8 Å². The Balaban J connectivity index is 2.22. The molecule has 0 aromatic carbocycles. The SMILES string of the molecule is C/C=C\[C@H]1CC(C(=O)OCC)(C(=O)OCC)C[C@@H]1CC1OCCO1. The average Bonchev–Trinajstić information content (AvgIpc) is 3.18. The standard InChI is InChI=1S/C18H28O6/c1-4-7-13-11-18(16(19)21-5-2,17(20)22-6-3)12-14(13)10-15-23-8-9-24-15/h4,7,13-15H,5-6,8-12H2,1-3H3/b7-4-/t13-,14-/m0/s1. The van der Waals surface area contributed by atoms with Crippen LogP contribution in [-0.4, -0.2) is 44.7 Å². The molecule has 1 aliphatic carbocycles. The lowest BCUT2D eigenvalue weighted by Gasteiger charge is -2.24. The maximum Gasteiger partial charge on any atom is 0.323 e. The zero-order valence-electron chi connectivity index (χ0n) is 14.8. The molecule has 0 aromatic heterocycles. The fourth-order valence-electron chi connectivity index (χ4n) is 3.73. The highest BCUT2D eigenvalue weighted by molar-refractivity contribution is 6.00. The summed E-state index contributed by atoms with van der Waals surface area (Å²) < 4.78 is 21.5. The van der Waals surface area contributed by atoms with Gasteiger partial charge in [-0.15, -0.1) is 0 Å². The molecule has 0 bridgehead atoms. The molecule has 0 amide bonds. The fourth-order valence-corrected chi connectivity index (χ4v) is 3.73. The molecule has 2 atom stereocenters. The first-order valence-corrected chi connectivity index (χ1v) is 8.77. The molecule has 2 aliphatic rings. The molecule has 2 rings (SSSR count). The van der Waals surface area contributed by atoms with Gasteiger partial charge in [-0.2, -0.15) is 0 Å². The highest BCUT2D eigenvalue weighted by atomic mass is 16.7. The van der Waals surface area contributed by atoms with Crippen LogP contribution in [0.1, 0.15) is 40.0 Å². The van der Waals surface area contributed by atoms with Gasteiger partial charge in [-0.1, -0.05) is 12.2 Å². The molecule has 1 saturated carbocycles. The Bertz CT molecular complexity index is 448.